The molecule has 7 aromatic carbocycles. The smallest absolute Gasteiger partial charge is 0.423 e. The van der Waals surface area contributed by atoms with Crippen LogP contribution < -0.4 is 26.3 Å². The maximum atomic E-state index is 11.9. The van der Waals surface area contributed by atoms with Gasteiger partial charge in [0.15, 0.2) is 11.5 Å². The van der Waals surface area contributed by atoms with Crippen LogP contribution in [-0.2, 0) is 73.7 Å². The lowest BCUT2D eigenvalue weighted by atomic mass is 9.77. The first-order valence-corrected chi connectivity index (χ1v) is 40.3. The minimum Gasteiger partial charge on any atom is -0.423 e. The van der Waals surface area contributed by atoms with Crippen LogP contribution in [0.25, 0.3) is 38.2 Å². The van der Waals surface area contributed by atoms with Crippen LogP contribution in [0.4, 0.5) is 5.69 Å². The monoisotopic (exact) mass is 1470 g/mol. The third-order valence-corrected chi connectivity index (χ3v) is 23.2. The first kappa shape index (κ1) is 83.2. The van der Waals surface area contributed by atoms with Crippen molar-refractivity contribution in [2.75, 3.05) is 158 Å². The number of allylic oxidation sites excluding steroid dienone is 6. The summed E-state index contributed by atoms with van der Waals surface area (Å²) in [4.78, 5) is 30.4. The number of rotatable bonds is 46. The van der Waals surface area contributed by atoms with Crippen molar-refractivity contribution >= 4 is 88.6 Å². The second kappa shape index (κ2) is 41.6. The van der Waals surface area contributed by atoms with Crippen LogP contribution in [0, 0.1) is 6.92 Å². The van der Waals surface area contributed by atoms with Crippen LogP contribution in [0.15, 0.2) is 181 Å². The Morgan fingerprint density at radius 1 is 0.523 bits per heavy atom. The number of benzene rings is 7. The van der Waals surface area contributed by atoms with E-state index in [4.69, 9.17) is 37.9 Å². The lowest BCUT2D eigenvalue weighted by Gasteiger charge is -2.38. The van der Waals surface area contributed by atoms with E-state index >= 15 is 0 Å². The Bertz CT molecular complexity index is 4320. The fourth-order valence-corrected chi connectivity index (χ4v) is 16.8. The Labute approximate surface area is 634 Å². The van der Waals surface area contributed by atoms with Gasteiger partial charge in [0.25, 0.3) is 0 Å². The summed E-state index contributed by atoms with van der Waals surface area (Å²) in [7, 11) is 2.83. The molecule has 0 aromatic heterocycles. The number of Topliss-reactive ketones (excluding diaryl/α,β-unsaturated/α-hetero) is 1. The molecule has 7 aromatic rings. The van der Waals surface area contributed by atoms with Crippen LogP contribution in [0.3, 0.4) is 0 Å². The van der Waals surface area contributed by atoms with Gasteiger partial charge in [-0.15, -0.1) is 0 Å². The largest absolute Gasteiger partial charge is 0.488 e. The number of nitrogens with one attached hydrogen (secondary N) is 1. The fourth-order valence-electron chi connectivity index (χ4n) is 13.7. The van der Waals surface area contributed by atoms with E-state index in [1.807, 2.05) is 36.4 Å². The minimum atomic E-state index is -2.25. The molecule has 107 heavy (non-hydrogen) atoms. The Morgan fingerprint density at radius 3 is 1.51 bits per heavy atom. The summed E-state index contributed by atoms with van der Waals surface area (Å²) in [6.45, 7) is 27.2. The van der Waals surface area contributed by atoms with E-state index in [9.17, 15) is 29.7 Å². The molecule has 0 saturated heterocycles. The molecule has 0 atom stereocenters. The Hall–Kier alpha value is -7.84. The summed E-state index contributed by atoms with van der Waals surface area (Å²) in [6.07, 6.45) is 8.08. The van der Waals surface area contributed by atoms with Crippen LogP contribution >= 0.6 is 0 Å². The number of ketones is 1. The minimum absolute atomic E-state index is 0.0541. The zero-order chi connectivity index (χ0) is 76.4. The molecule has 0 bridgehead atoms. The number of hydrogen-bond donors (Lipinski definition) is 5. The van der Waals surface area contributed by atoms with Crippen molar-refractivity contribution in [3.05, 3.63) is 220 Å². The van der Waals surface area contributed by atoms with Crippen molar-refractivity contribution in [2.24, 2.45) is 0 Å². The van der Waals surface area contributed by atoms with E-state index in [1.54, 1.807) is 26.0 Å². The molecule has 1 aliphatic carbocycles. The average molecular weight is 1480 g/mol. The van der Waals surface area contributed by atoms with Gasteiger partial charge in [-0.05, 0) is 167 Å². The third kappa shape index (κ3) is 23.3. The fraction of sp³-hybridized carbons (Fsp3) is 0.400. The summed E-state index contributed by atoms with van der Waals surface area (Å²) < 4.78 is 49.3. The summed E-state index contributed by atoms with van der Waals surface area (Å²) >= 11 is 0. The van der Waals surface area contributed by atoms with Gasteiger partial charge in [0.1, 0.15) is 22.2 Å². The zero-order valence-corrected chi connectivity index (χ0v) is 65.3. The molecule has 2 aliphatic rings. The predicted octanol–water partition coefficient (Wildman–Crippen LogP) is 8.63. The lowest BCUT2D eigenvalue weighted by molar-refractivity contribution is -0.462. The average Bonchev–Trinajstić information content (AvgIpc) is 0.726. The predicted molar refractivity (Wildman–Crippen MR) is 434 cm³/mol. The molecule has 9 rings (SSSR count). The number of anilines is 1. The van der Waals surface area contributed by atoms with Crippen LogP contribution in [0.1, 0.15) is 65.6 Å². The molecule has 19 nitrogen and oxygen atoms in total. The molecule has 0 radical (unpaired) electrons. The molecular weight excluding hydrogens is 1360 g/mol. The van der Waals surface area contributed by atoms with E-state index in [0.29, 0.717) is 186 Å². The van der Waals surface area contributed by atoms with Crippen molar-refractivity contribution in [1.29, 1.82) is 0 Å². The Morgan fingerprint density at radius 2 is 1.00 bits per heavy atom. The number of amides is 1. The maximum Gasteiger partial charge on any atom is 0.488 e. The van der Waals surface area contributed by atoms with Gasteiger partial charge >= 0.3 is 14.2 Å². The van der Waals surface area contributed by atoms with Gasteiger partial charge in [-0.25, -0.2) is 4.58 Å². The topological polar surface area (TPSA) is 214 Å². The van der Waals surface area contributed by atoms with Crippen molar-refractivity contribution < 1.29 is 72.2 Å². The standard InChI is InChI=1S/C85H109B2N5O14Si/c1-61(2)81(93)25-18-37-99-41-45-103-49-51-105-48-44-102-40-36-92(58-67-20-13-17-24-80(67)87(97)98)60-78-71-22-15-14-21-70(71)77(59-91(57-66-19-12-16-23-79(66)86(95)96)35-39-101-43-47-106-52-50-104-46-42-100-38-34-88-85(94)62(3)4)72-31-28-65(54-76(72)78)64-27-26-63(5)75(53-64)84-73-32-29-68(89(6)7)55-82(73)107(10,11)83-56-69(90(8)9)30-33-74(83)84/h12-17,19-24,26-33,53-56,95-98H,1,3,18,25,34-52,57-60H2,2,4-11H3/p+1. The highest BCUT2D eigenvalue weighted by Gasteiger charge is 2.41. The SMILES string of the molecule is C=C(C)C(=O)CCCOCCOCCOCCOCCN(Cc1ccccc1B(O)O)Cc1c2ccccc2c(CN(CCOCCOCCOCCOCCNC(=O)C(=C)C)Cc2ccccc2B(O)O)c2ccc(-c3ccc(C)c(C4=C5C=CC(=[N+](C)C)C=C5[Si](C)(C)c5cc(N(C)C)ccc54)c3)cc12. The van der Waals surface area contributed by atoms with Crippen molar-refractivity contribution in [2.45, 2.75) is 72.9 Å². The molecule has 22 heteroatoms. The van der Waals surface area contributed by atoms with Gasteiger partial charge in [0.2, 0.25) is 5.91 Å². The molecule has 0 unspecified atom stereocenters. The number of carbonyl (C=O) groups excluding carboxylic acids is 2. The summed E-state index contributed by atoms with van der Waals surface area (Å²) in [6, 6.07) is 44.3. The third-order valence-electron chi connectivity index (χ3n) is 19.7. The number of aryl methyl sites for hydroxylation is 1. The van der Waals surface area contributed by atoms with Crippen LogP contribution in [-0.4, -0.2) is 228 Å². The van der Waals surface area contributed by atoms with Crippen molar-refractivity contribution in [3.63, 3.8) is 0 Å². The quantitative estimate of drug-likeness (QED) is 0.00794. The molecule has 0 saturated carbocycles. The number of ether oxygens (including phenoxy) is 8. The van der Waals surface area contributed by atoms with E-state index < -0.39 is 22.3 Å². The highest BCUT2D eigenvalue weighted by molar-refractivity contribution is 6.98. The molecule has 1 amide bonds. The first-order valence-electron chi connectivity index (χ1n) is 37.3. The molecule has 568 valence electrons. The summed E-state index contributed by atoms with van der Waals surface area (Å²) in [5.41, 5.74) is 16.2. The molecule has 1 aliphatic heterocycles. The molecule has 5 N–H and O–H groups in total. The summed E-state index contributed by atoms with van der Waals surface area (Å²) in [5.74, 6) is -0.141. The van der Waals surface area contributed by atoms with E-state index in [-0.39, 0.29) is 11.7 Å². The van der Waals surface area contributed by atoms with Gasteiger partial charge in [-0.3, -0.25) is 19.4 Å². The van der Waals surface area contributed by atoms with Crippen molar-refractivity contribution in [3.8, 4) is 11.1 Å². The number of fused-ring (bicyclic) bond motifs is 4. The van der Waals surface area contributed by atoms with E-state index in [0.717, 1.165) is 54.9 Å². The number of hydrogen-bond acceptors (Lipinski definition) is 17. The van der Waals surface area contributed by atoms with Crippen LogP contribution in [0.5, 0.6) is 0 Å². The normalized spacial score (nSPS) is 13.2. The highest BCUT2D eigenvalue weighted by Crippen LogP contribution is 2.45. The Kier molecular flexibility index (Phi) is 32.4. The van der Waals surface area contributed by atoms with Gasteiger partial charge in [0, 0.05) is 96.3 Å². The lowest BCUT2D eigenvalue weighted by Crippen LogP contribution is -2.49. The zero-order valence-electron chi connectivity index (χ0n) is 64.3. The number of carbonyl (C=O) groups is 2. The molecule has 0 fully saturated rings. The molecule has 0 spiro atoms. The van der Waals surface area contributed by atoms with Gasteiger partial charge < -0.3 is 68.2 Å². The summed E-state index contributed by atoms with van der Waals surface area (Å²) in [5, 5.41) is 52.9. The van der Waals surface area contributed by atoms with E-state index in [1.165, 1.54) is 49.6 Å². The Balaban J connectivity index is 1.04. The highest BCUT2D eigenvalue weighted by atomic mass is 28.3. The van der Waals surface area contributed by atoms with Gasteiger partial charge in [-0.1, -0.05) is 129 Å². The van der Waals surface area contributed by atoms with Gasteiger partial charge in [-0.2, -0.15) is 0 Å². The van der Waals surface area contributed by atoms with Crippen LogP contribution in [0.2, 0.25) is 13.1 Å². The maximum absolute atomic E-state index is 11.9. The second-order valence-electron chi connectivity index (χ2n) is 28.3. The number of nitrogens with zero attached hydrogens (tertiary/aromatic N) is 4. The first-order chi connectivity index (χ1) is 51.6. The van der Waals surface area contributed by atoms with E-state index in [2.05, 4.69) is 183 Å². The van der Waals surface area contributed by atoms with Crippen molar-refractivity contribution in [1.82, 2.24) is 15.1 Å². The molecule has 1 heterocycles. The molecular formula is C85H110B2N5O14Si+. The second-order valence-corrected chi connectivity index (χ2v) is 32.7. The van der Waals surface area contributed by atoms with Gasteiger partial charge in [0.05, 0.1) is 99.1 Å².